The molecule has 0 saturated carbocycles. The first kappa shape index (κ1) is 16.5. The number of para-hydroxylation sites is 1. The Labute approximate surface area is 142 Å². The SMILES string of the molecule is CC1Cc2ccccc2N1C(=O)NCC(C)(C)c1ccc(F)cc1. The highest BCUT2D eigenvalue weighted by Crippen LogP contribution is 2.32. The van der Waals surface area contributed by atoms with Crippen molar-refractivity contribution in [2.75, 3.05) is 11.4 Å². The van der Waals surface area contributed by atoms with Crippen molar-refractivity contribution in [1.82, 2.24) is 5.32 Å². The summed E-state index contributed by atoms with van der Waals surface area (Å²) in [6, 6.07) is 14.5. The Balaban J connectivity index is 1.70. The Morgan fingerprint density at radius 1 is 1.21 bits per heavy atom. The normalized spacial score (nSPS) is 16.8. The molecule has 0 spiro atoms. The predicted molar refractivity (Wildman–Crippen MR) is 94.9 cm³/mol. The average Bonchev–Trinajstić information content (AvgIpc) is 2.89. The lowest BCUT2D eigenvalue weighted by atomic mass is 9.84. The van der Waals surface area contributed by atoms with Crippen LogP contribution in [0.25, 0.3) is 0 Å². The molecule has 2 aromatic rings. The Hall–Kier alpha value is -2.36. The van der Waals surface area contributed by atoms with E-state index >= 15 is 0 Å². The summed E-state index contributed by atoms with van der Waals surface area (Å²) in [7, 11) is 0. The third-order valence-electron chi connectivity index (χ3n) is 4.73. The van der Waals surface area contributed by atoms with E-state index in [0.717, 1.165) is 17.7 Å². The van der Waals surface area contributed by atoms with E-state index in [4.69, 9.17) is 0 Å². The van der Waals surface area contributed by atoms with Gasteiger partial charge in [-0.25, -0.2) is 9.18 Å². The van der Waals surface area contributed by atoms with E-state index in [1.54, 1.807) is 12.1 Å². The van der Waals surface area contributed by atoms with Crippen molar-refractivity contribution in [2.45, 2.75) is 38.6 Å². The molecule has 2 aromatic carbocycles. The lowest BCUT2D eigenvalue weighted by Crippen LogP contribution is -2.47. The first-order chi connectivity index (χ1) is 11.4. The molecule has 1 N–H and O–H groups in total. The van der Waals surface area contributed by atoms with E-state index < -0.39 is 0 Å². The van der Waals surface area contributed by atoms with Gasteiger partial charge in [-0.15, -0.1) is 0 Å². The summed E-state index contributed by atoms with van der Waals surface area (Å²) in [5.41, 5.74) is 2.92. The van der Waals surface area contributed by atoms with Gasteiger partial charge < -0.3 is 5.32 Å². The van der Waals surface area contributed by atoms with Gasteiger partial charge in [-0.1, -0.05) is 44.2 Å². The average molecular weight is 326 g/mol. The summed E-state index contributed by atoms with van der Waals surface area (Å²) in [6.45, 7) is 6.64. The van der Waals surface area contributed by atoms with Crippen LogP contribution in [-0.4, -0.2) is 18.6 Å². The molecule has 0 bridgehead atoms. The molecule has 0 saturated heterocycles. The third-order valence-corrected chi connectivity index (χ3v) is 4.73. The van der Waals surface area contributed by atoms with E-state index in [1.165, 1.54) is 17.7 Å². The molecule has 4 heteroatoms. The number of nitrogens with zero attached hydrogens (tertiary/aromatic N) is 1. The summed E-state index contributed by atoms with van der Waals surface area (Å²) in [6.07, 6.45) is 0.880. The number of urea groups is 1. The van der Waals surface area contributed by atoms with Crippen molar-refractivity contribution < 1.29 is 9.18 Å². The molecule has 3 nitrogen and oxygen atoms in total. The fraction of sp³-hybridized carbons (Fsp3) is 0.350. The monoisotopic (exact) mass is 326 g/mol. The van der Waals surface area contributed by atoms with Crippen LogP contribution in [0.2, 0.25) is 0 Å². The highest BCUT2D eigenvalue weighted by molar-refractivity contribution is 5.95. The first-order valence-corrected chi connectivity index (χ1v) is 8.29. The van der Waals surface area contributed by atoms with Crippen molar-refractivity contribution in [3.8, 4) is 0 Å². The molecule has 0 fully saturated rings. The molecular formula is C20H23FN2O. The zero-order chi connectivity index (χ0) is 17.3. The Morgan fingerprint density at radius 3 is 2.58 bits per heavy atom. The van der Waals surface area contributed by atoms with Crippen LogP contribution in [0.4, 0.5) is 14.9 Å². The van der Waals surface area contributed by atoms with Gasteiger partial charge in [0.05, 0.1) is 0 Å². The van der Waals surface area contributed by atoms with Gasteiger partial charge in [-0.05, 0) is 42.7 Å². The van der Waals surface area contributed by atoms with Crippen molar-refractivity contribution >= 4 is 11.7 Å². The van der Waals surface area contributed by atoms with Crippen LogP contribution in [0, 0.1) is 5.82 Å². The number of anilines is 1. The van der Waals surface area contributed by atoms with E-state index in [-0.39, 0.29) is 23.3 Å². The molecule has 1 aliphatic rings. The van der Waals surface area contributed by atoms with Crippen LogP contribution in [0.3, 0.4) is 0 Å². The number of amides is 2. The van der Waals surface area contributed by atoms with E-state index in [1.807, 2.05) is 36.9 Å². The number of carbonyl (C=O) groups excluding carboxylic acids is 1. The van der Waals surface area contributed by atoms with Gasteiger partial charge in [0.2, 0.25) is 0 Å². The summed E-state index contributed by atoms with van der Waals surface area (Å²) >= 11 is 0. The maximum atomic E-state index is 13.1. The van der Waals surface area contributed by atoms with Crippen molar-refractivity contribution in [3.05, 3.63) is 65.5 Å². The molecule has 1 atom stereocenters. The number of hydrogen-bond acceptors (Lipinski definition) is 1. The van der Waals surface area contributed by atoms with Gasteiger partial charge in [0.1, 0.15) is 5.82 Å². The molecule has 1 unspecified atom stereocenters. The molecule has 126 valence electrons. The zero-order valence-corrected chi connectivity index (χ0v) is 14.3. The number of fused-ring (bicyclic) bond motifs is 1. The van der Waals surface area contributed by atoms with Crippen LogP contribution in [-0.2, 0) is 11.8 Å². The standard InChI is InChI=1S/C20H23FN2O/c1-14-12-15-6-4-5-7-18(15)23(14)19(24)22-13-20(2,3)16-8-10-17(21)11-9-16/h4-11,14H,12-13H2,1-3H3,(H,22,24). The molecule has 0 aromatic heterocycles. The summed E-state index contributed by atoms with van der Waals surface area (Å²) in [5.74, 6) is -0.249. The lowest BCUT2D eigenvalue weighted by molar-refractivity contribution is 0.242. The number of hydrogen-bond donors (Lipinski definition) is 1. The first-order valence-electron chi connectivity index (χ1n) is 8.29. The Morgan fingerprint density at radius 2 is 1.88 bits per heavy atom. The zero-order valence-electron chi connectivity index (χ0n) is 14.3. The van der Waals surface area contributed by atoms with Gasteiger partial charge in [0.25, 0.3) is 0 Å². The summed E-state index contributed by atoms with van der Waals surface area (Å²) in [5, 5.41) is 3.04. The second-order valence-electron chi connectivity index (χ2n) is 7.10. The summed E-state index contributed by atoms with van der Waals surface area (Å²) < 4.78 is 13.1. The second kappa shape index (κ2) is 6.27. The highest BCUT2D eigenvalue weighted by Gasteiger charge is 2.31. The highest BCUT2D eigenvalue weighted by atomic mass is 19.1. The molecular weight excluding hydrogens is 303 g/mol. The molecule has 24 heavy (non-hydrogen) atoms. The van der Waals surface area contributed by atoms with Crippen molar-refractivity contribution in [3.63, 3.8) is 0 Å². The smallest absolute Gasteiger partial charge is 0.322 e. The van der Waals surface area contributed by atoms with Crippen LogP contribution < -0.4 is 10.2 Å². The summed E-state index contributed by atoms with van der Waals surface area (Å²) in [4.78, 5) is 14.5. The van der Waals surface area contributed by atoms with Crippen molar-refractivity contribution in [2.24, 2.45) is 0 Å². The molecule has 2 amide bonds. The number of benzene rings is 2. The van der Waals surface area contributed by atoms with Crippen LogP contribution in [0.1, 0.15) is 31.9 Å². The fourth-order valence-corrected chi connectivity index (χ4v) is 3.26. The van der Waals surface area contributed by atoms with E-state index in [0.29, 0.717) is 6.54 Å². The topological polar surface area (TPSA) is 32.3 Å². The van der Waals surface area contributed by atoms with Gasteiger partial charge in [0.15, 0.2) is 0 Å². The minimum absolute atomic E-state index is 0.0809. The van der Waals surface area contributed by atoms with Crippen LogP contribution in [0.5, 0.6) is 0 Å². The van der Waals surface area contributed by atoms with E-state index in [9.17, 15) is 9.18 Å². The van der Waals surface area contributed by atoms with Crippen LogP contribution >= 0.6 is 0 Å². The van der Waals surface area contributed by atoms with Crippen molar-refractivity contribution in [1.29, 1.82) is 0 Å². The fourth-order valence-electron chi connectivity index (χ4n) is 3.26. The quantitative estimate of drug-likeness (QED) is 0.898. The largest absolute Gasteiger partial charge is 0.337 e. The number of carbonyl (C=O) groups is 1. The molecule has 1 aliphatic heterocycles. The predicted octanol–water partition coefficient (Wildman–Crippen LogP) is 4.26. The Bertz CT molecular complexity index is 740. The number of nitrogens with one attached hydrogen (secondary N) is 1. The van der Waals surface area contributed by atoms with Gasteiger partial charge in [-0.2, -0.15) is 0 Å². The minimum atomic E-state index is -0.272. The number of rotatable bonds is 3. The number of halogens is 1. The minimum Gasteiger partial charge on any atom is -0.337 e. The maximum Gasteiger partial charge on any atom is 0.322 e. The maximum absolute atomic E-state index is 13.1. The molecule has 0 radical (unpaired) electrons. The molecule has 1 heterocycles. The van der Waals surface area contributed by atoms with Gasteiger partial charge in [0, 0.05) is 23.7 Å². The van der Waals surface area contributed by atoms with E-state index in [2.05, 4.69) is 18.3 Å². The van der Waals surface area contributed by atoms with Gasteiger partial charge >= 0.3 is 6.03 Å². The Kier molecular flexibility index (Phi) is 4.31. The second-order valence-corrected chi connectivity index (χ2v) is 7.10. The molecule has 0 aliphatic carbocycles. The van der Waals surface area contributed by atoms with Gasteiger partial charge in [-0.3, -0.25) is 4.90 Å². The third kappa shape index (κ3) is 3.14. The lowest BCUT2D eigenvalue weighted by Gasteiger charge is -2.29. The molecule has 3 rings (SSSR count). The van der Waals surface area contributed by atoms with Crippen LogP contribution in [0.15, 0.2) is 48.5 Å².